The number of hydrogen-bond donors (Lipinski definition) is 2. The Morgan fingerprint density at radius 3 is 1.97 bits per heavy atom. The third-order valence-electron chi connectivity index (χ3n) is 5.89. The van der Waals surface area contributed by atoms with Gasteiger partial charge in [-0.1, -0.05) is 6.42 Å². The van der Waals surface area contributed by atoms with Gasteiger partial charge in [-0.05, 0) is 58.6 Å². The van der Waals surface area contributed by atoms with Gasteiger partial charge in [0.25, 0.3) is 5.91 Å². The molecule has 2 bridgehead atoms. The van der Waals surface area contributed by atoms with Crippen molar-refractivity contribution < 1.29 is 28.6 Å². The molecule has 2 fully saturated rings. The van der Waals surface area contributed by atoms with Crippen LogP contribution in [0.15, 0.2) is 12.1 Å². The highest BCUT2D eigenvalue weighted by Gasteiger charge is 2.41. The third-order valence-corrected chi connectivity index (χ3v) is 5.89. The topological polar surface area (TPSA) is 103 Å². The third kappa shape index (κ3) is 5.29. The summed E-state index contributed by atoms with van der Waals surface area (Å²) in [5.41, 5.74) is 5.31. The summed E-state index contributed by atoms with van der Waals surface area (Å²) in [7, 11) is 0. The van der Waals surface area contributed by atoms with Gasteiger partial charge < -0.3 is 14.2 Å². The largest absolute Gasteiger partial charge is 0.490 e. The SMILES string of the molecule is CCOc1cc(C(=O)NNC(=O)C2CC3CCCC(C2)C3=O)cc(OCC)c1OCC. The molecule has 2 atom stereocenters. The highest BCUT2D eigenvalue weighted by molar-refractivity contribution is 5.97. The van der Waals surface area contributed by atoms with Crippen molar-refractivity contribution in [3.05, 3.63) is 17.7 Å². The van der Waals surface area contributed by atoms with Crippen LogP contribution in [0.5, 0.6) is 17.2 Å². The van der Waals surface area contributed by atoms with Gasteiger partial charge in [-0.3, -0.25) is 25.2 Å². The summed E-state index contributed by atoms with van der Waals surface area (Å²) < 4.78 is 16.9. The molecule has 2 aliphatic carbocycles. The molecule has 0 aliphatic heterocycles. The summed E-state index contributed by atoms with van der Waals surface area (Å²) >= 11 is 0. The lowest BCUT2D eigenvalue weighted by molar-refractivity contribution is -0.138. The predicted octanol–water partition coefficient (Wildman–Crippen LogP) is 3.04. The van der Waals surface area contributed by atoms with E-state index in [9.17, 15) is 14.4 Å². The van der Waals surface area contributed by atoms with Gasteiger partial charge in [0.15, 0.2) is 11.5 Å². The summed E-state index contributed by atoms with van der Waals surface area (Å²) in [4.78, 5) is 37.6. The molecule has 0 aromatic heterocycles. The molecule has 170 valence electrons. The number of carbonyl (C=O) groups excluding carboxylic acids is 3. The molecule has 2 N–H and O–H groups in total. The molecule has 8 heteroatoms. The van der Waals surface area contributed by atoms with Crippen LogP contribution in [0.25, 0.3) is 0 Å². The van der Waals surface area contributed by atoms with Crippen LogP contribution in [0, 0.1) is 17.8 Å². The second kappa shape index (κ2) is 10.5. The Kier molecular flexibility index (Phi) is 7.76. The molecule has 2 amide bonds. The van der Waals surface area contributed by atoms with Gasteiger partial charge in [0.05, 0.1) is 19.8 Å². The molecule has 1 aromatic carbocycles. The number of ketones is 1. The van der Waals surface area contributed by atoms with E-state index >= 15 is 0 Å². The number of nitrogens with one attached hydrogen (secondary N) is 2. The Bertz CT molecular complexity index is 781. The Balaban J connectivity index is 1.68. The maximum Gasteiger partial charge on any atom is 0.269 e. The summed E-state index contributed by atoms with van der Waals surface area (Å²) in [6.45, 7) is 6.76. The van der Waals surface area contributed by atoms with E-state index in [1.165, 1.54) is 0 Å². The highest BCUT2D eigenvalue weighted by atomic mass is 16.5. The zero-order chi connectivity index (χ0) is 22.4. The van der Waals surface area contributed by atoms with Crippen molar-refractivity contribution in [2.75, 3.05) is 19.8 Å². The zero-order valence-corrected chi connectivity index (χ0v) is 18.5. The van der Waals surface area contributed by atoms with E-state index < -0.39 is 5.91 Å². The lowest BCUT2D eigenvalue weighted by atomic mass is 9.67. The van der Waals surface area contributed by atoms with Gasteiger partial charge in [0.1, 0.15) is 5.78 Å². The molecule has 8 nitrogen and oxygen atoms in total. The Morgan fingerprint density at radius 1 is 0.903 bits per heavy atom. The lowest BCUT2D eigenvalue weighted by Gasteiger charge is -2.36. The molecular weight excluding hydrogens is 400 g/mol. The van der Waals surface area contributed by atoms with E-state index in [-0.39, 0.29) is 29.2 Å². The minimum Gasteiger partial charge on any atom is -0.490 e. The molecular formula is C23H32N2O6. The van der Waals surface area contributed by atoms with Gasteiger partial charge in [-0.25, -0.2) is 0 Å². The summed E-state index contributed by atoms with van der Waals surface area (Å²) in [6.07, 6.45) is 3.89. The quantitative estimate of drug-likeness (QED) is 0.612. The molecule has 0 spiro atoms. The average molecular weight is 433 g/mol. The maximum absolute atomic E-state index is 12.7. The van der Waals surface area contributed by atoms with Crippen LogP contribution >= 0.6 is 0 Å². The molecule has 31 heavy (non-hydrogen) atoms. The fraction of sp³-hybridized carbons (Fsp3) is 0.609. The van der Waals surface area contributed by atoms with Crippen LogP contribution in [0.2, 0.25) is 0 Å². The molecule has 0 radical (unpaired) electrons. The number of benzene rings is 1. The Labute approximate surface area is 183 Å². The van der Waals surface area contributed by atoms with E-state index in [0.29, 0.717) is 55.7 Å². The van der Waals surface area contributed by atoms with Crippen molar-refractivity contribution in [2.24, 2.45) is 17.8 Å². The van der Waals surface area contributed by atoms with Gasteiger partial charge in [-0.2, -0.15) is 0 Å². The Morgan fingerprint density at radius 2 is 1.45 bits per heavy atom. The zero-order valence-electron chi connectivity index (χ0n) is 18.5. The second-order valence-electron chi connectivity index (χ2n) is 7.94. The van der Waals surface area contributed by atoms with Crippen molar-refractivity contribution in [3.8, 4) is 17.2 Å². The smallest absolute Gasteiger partial charge is 0.269 e. The molecule has 1 aromatic rings. The predicted molar refractivity (Wildman–Crippen MR) is 114 cm³/mol. The highest BCUT2D eigenvalue weighted by Crippen LogP contribution is 2.40. The molecule has 0 heterocycles. The number of hydrogen-bond acceptors (Lipinski definition) is 6. The van der Waals surface area contributed by atoms with Crippen molar-refractivity contribution in [3.63, 3.8) is 0 Å². The first-order valence-corrected chi connectivity index (χ1v) is 11.2. The van der Waals surface area contributed by atoms with E-state index in [4.69, 9.17) is 14.2 Å². The maximum atomic E-state index is 12.7. The monoisotopic (exact) mass is 432 g/mol. The second-order valence-corrected chi connectivity index (χ2v) is 7.94. The summed E-state index contributed by atoms with van der Waals surface area (Å²) in [5, 5.41) is 0. The molecule has 0 saturated heterocycles. The minimum atomic E-state index is -0.481. The number of ether oxygens (including phenoxy) is 3. The van der Waals surface area contributed by atoms with Crippen molar-refractivity contribution in [1.29, 1.82) is 0 Å². The molecule has 2 saturated carbocycles. The number of Topliss-reactive ketones (excluding diaryl/α,β-unsaturated/α-hetero) is 1. The van der Waals surface area contributed by atoms with E-state index in [1.807, 2.05) is 20.8 Å². The van der Waals surface area contributed by atoms with Crippen LogP contribution < -0.4 is 25.1 Å². The first kappa shape index (κ1) is 22.9. The average Bonchev–Trinajstić information content (AvgIpc) is 2.74. The van der Waals surface area contributed by atoms with Gasteiger partial charge >= 0.3 is 0 Å². The van der Waals surface area contributed by atoms with Gasteiger partial charge in [0, 0.05) is 23.3 Å². The normalized spacial score (nSPS) is 22.4. The van der Waals surface area contributed by atoms with E-state index in [0.717, 1.165) is 19.3 Å². The number of carbonyl (C=O) groups is 3. The van der Waals surface area contributed by atoms with Crippen molar-refractivity contribution in [1.82, 2.24) is 10.9 Å². The van der Waals surface area contributed by atoms with Gasteiger partial charge in [0.2, 0.25) is 11.7 Å². The number of fused-ring (bicyclic) bond motifs is 2. The summed E-state index contributed by atoms with van der Waals surface area (Å²) in [5.74, 6) is 0.539. The van der Waals surface area contributed by atoms with Crippen LogP contribution in [0.1, 0.15) is 63.2 Å². The fourth-order valence-corrected chi connectivity index (χ4v) is 4.51. The van der Waals surface area contributed by atoms with Crippen molar-refractivity contribution in [2.45, 2.75) is 52.9 Å². The summed E-state index contributed by atoms with van der Waals surface area (Å²) in [6, 6.07) is 3.14. The van der Waals surface area contributed by atoms with E-state index in [2.05, 4.69) is 10.9 Å². The number of amides is 2. The standard InChI is InChI=1S/C23H32N2O6/c1-4-29-18-12-17(13-19(30-5-2)21(18)31-6-3)23(28)25-24-22(27)16-10-14-8-7-9-15(11-16)20(14)26/h12-16H,4-11H2,1-3H3,(H,24,27)(H,25,28). The first-order valence-electron chi connectivity index (χ1n) is 11.2. The van der Waals surface area contributed by atoms with Crippen LogP contribution in [0.3, 0.4) is 0 Å². The van der Waals surface area contributed by atoms with Crippen molar-refractivity contribution >= 4 is 17.6 Å². The van der Waals surface area contributed by atoms with Gasteiger partial charge in [-0.15, -0.1) is 0 Å². The van der Waals surface area contributed by atoms with Crippen LogP contribution in [0.4, 0.5) is 0 Å². The molecule has 2 unspecified atom stereocenters. The van der Waals surface area contributed by atoms with E-state index in [1.54, 1.807) is 12.1 Å². The minimum absolute atomic E-state index is 0.0208. The Hall–Kier alpha value is -2.77. The molecule has 3 rings (SSSR count). The lowest BCUT2D eigenvalue weighted by Crippen LogP contribution is -2.48. The van der Waals surface area contributed by atoms with Crippen LogP contribution in [-0.2, 0) is 9.59 Å². The molecule has 2 aliphatic rings. The number of hydrazine groups is 1. The van der Waals surface area contributed by atoms with Crippen LogP contribution in [-0.4, -0.2) is 37.4 Å². The first-order chi connectivity index (χ1) is 15.0. The number of rotatable bonds is 8. The fourth-order valence-electron chi connectivity index (χ4n) is 4.51.